The van der Waals surface area contributed by atoms with Gasteiger partial charge in [0.1, 0.15) is 5.75 Å². The molecule has 0 saturated carbocycles. The van der Waals surface area contributed by atoms with Crippen molar-refractivity contribution in [2.45, 2.75) is 19.1 Å². The minimum absolute atomic E-state index is 0.115. The molecule has 0 fully saturated rings. The number of para-hydroxylation sites is 1. The van der Waals surface area contributed by atoms with E-state index in [1.54, 1.807) is 20.3 Å². The molecule has 0 aromatic heterocycles. The summed E-state index contributed by atoms with van der Waals surface area (Å²) >= 11 is 0. The molecule has 4 rings (SSSR count). The lowest BCUT2D eigenvalue weighted by Gasteiger charge is -2.38. The van der Waals surface area contributed by atoms with Crippen LogP contribution in [0, 0.1) is 5.92 Å². The summed E-state index contributed by atoms with van der Waals surface area (Å²) < 4.78 is 28.3. The number of nitrogens with one attached hydrogen (secondary N) is 2. The number of urea groups is 1. The Hall–Kier alpha value is -3.33. The van der Waals surface area contributed by atoms with Crippen molar-refractivity contribution in [2.24, 2.45) is 11.7 Å². The first-order valence-corrected chi connectivity index (χ1v) is 9.15. The van der Waals surface area contributed by atoms with Crippen LogP contribution in [0.3, 0.4) is 0 Å². The maximum absolute atomic E-state index is 11.2. The number of nitrogens with two attached hydrogens (primary N) is 1. The average molecular weight is 401 g/mol. The molecule has 29 heavy (non-hydrogen) atoms. The molecule has 2 heterocycles. The smallest absolute Gasteiger partial charge is 0.326 e. The van der Waals surface area contributed by atoms with Gasteiger partial charge in [-0.1, -0.05) is 19.1 Å². The van der Waals surface area contributed by atoms with Crippen molar-refractivity contribution in [2.75, 3.05) is 21.0 Å². The second-order valence-corrected chi connectivity index (χ2v) is 6.83. The molecule has 0 spiro atoms. The first kappa shape index (κ1) is 19.0. The van der Waals surface area contributed by atoms with E-state index in [0.29, 0.717) is 28.7 Å². The monoisotopic (exact) mass is 401 g/mol. The molecular formula is C20H23N3O6. The van der Waals surface area contributed by atoms with Crippen LogP contribution in [-0.4, -0.2) is 33.3 Å². The van der Waals surface area contributed by atoms with Crippen molar-refractivity contribution in [1.29, 1.82) is 0 Å². The Bertz CT molecular complexity index is 935. The van der Waals surface area contributed by atoms with Gasteiger partial charge >= 0.3 is 6.03 Å². The van der Waals surface area contributed by atoms with Crippen LogP contribution in [0.15, 0.2) is 30.3 Å². The van der Waals surface area contributed by atoms with Gasteiger partial charge < -0.3 is 29.4 Å². The lowest BCUT2D eigenvalue weighted by Crippen LogP contribution is -2.54. The summed E-state index contributed by atoms with van der Waals surface area (Å²) in [6.07, 6.45) is -0.545. The van der Waals surface area contributed by atoms with Crippen molar-refractivity contribution in [3.8, 4) is 28.7 Å². The molecule has 2 aliphatic heterocycles. The van der Waals surface area contributed by atoms with Gasteiger partial charge in [-0.05, 0) is 12.1 Å². The van der Waals surface area contributed by atoms with Crippen molar-refractivity contribution in [1.82, 2.24) is 10.9 Å². The lowest BCUT2D eigenvalue weighted by atomic mass is 9.78. The zero-order valence-corrected chi connectivity index (χ0v) is 16.4. The highest BCUT2D eigenvalue weighted by molar-refractivity contribution is 5.71. The zero-order valence-electron chi connectivity index (χ0n) is 16.4. The van der Waals surface area contributed by atoms with Crippen LogP contribution in [0.1, 0.15) is 24.0 Å². The molecule has 0 bridgehead atoms. The third kappa shape index (κ3) is 3.33. The van der Waals surface area contributed by atoms with E-state index >= 15 is 0 Å². The van der Waals surface area contributed by atoms with Gasteiger partial charge in [-0.15, -0.1) is 0 Å². The van der Waals surface area contributed by atoms with E-state index in [9.17, 15) is 4.79 Å². The van der Waals surface area contributed by atoms with Crippen molar-refractivity contribution in [3.05, 3.63) is 41.5 Å². The van der Waals surface area contributed by atoms with Gasteiger partial charge in [0.05, 0.1) is 14.2 Å². The van der Waals surface area contributed by atoms with E-state index in [2.05, 4.69) is 10.9 Å². The SMILES string of the molecule is COc1cccc([C@H]2c3cc4c(cc3O[C@H](NNC(N)=O)[C@@H]2C)OCO4)c1OC. The summed E-state index contributed by atoms with van der Waals surface area (Å²) in [4.78, 5) is 11.2. The molecule has 2 aromatic carbocycles. The average Bonchev–Trinajstić information content (AvgIpc) is 3.17. The van der Waals surface area contributed by atoms with Crippen molar-refractivity contribution < 1.29 is 28.5 Å². The molecule has 0 radical (unpaired) electrons. The highest BCUT2D eigenvalue weighted by atomic mass is 16.7. The maximum atomic E-state index is 11.2. The summed E-state index contributed by atoms with van der Waals surface area (Å²) in [6.45, 7) is 2.17. The Kier molecular flexibility index (Phi) is 4.98. The van der Waals surface area contributed by atoms with Crippen LogP contribution in [0.5, 0.6) is 28.7 Å². The molecule has 154 valence electrons. The standard InChI is InChI=1S/C20H23N3O6/c1-10-17(11-5-4-6-13(25-2)18(11)26-3)12-7-15-16(28-9-27-15)8-14(12)29-19(10)22-23-20(21)24/h4-8,10,17,19,22H,9H2,1-3H3,(H3,21,23,24)/t10-,17+,19+/m1/s1. The molecule has 9 heteroatoms. The summed E-state index contributed by atoms with van der Waals surface area (Å²) in [7, 11) is 3.21. The van der Waals surface area contributed by atoms with Crippen molar-refractivity contribution >= 4 is 6.03 Å². The molecular weight excluding hydrogens is 378 g/mol. The van der Waals surface area contributed by atoms with Crippen LogP contribution in [0.2, 0.25) is 0 Å². The number of hydrazine groups is 1. The largest absolute Gasteiger partial charge is 0.493 e. The number of amides is 2. The molecule has 0 aliphatic carbocycles. The molecule has 2 aliphatic rings. The number of ether oxygens (including phenoxy) is 5. The molecule has 0 saturated heterocycles. The third-order valence-electron chi connectivity index (χ3n) is 5.20. The van der Waals surface area contributed by atoms with E-state index < -0.39 is 12.3 Å². The second kappa shape index (κ2) is 7.59. The number of hydrogen-bond donors (Lipinski definition) is 3. The van der Waals surface area contributed by atoms with Crippen LogP contribution in [-0.2, 0) is 0 Å². The van der Waals surface area contributed by atoms with Crippen LogP contribution in [0.25, 0.3) is 0 Å². The molecule has 2 aromatic rings. The highest BCUT2D eigenvalue weighted by Crippen LogP contribution is 2.51. The topological polar surface area (TPSA) is 113 Å². The quantitative estimate of drug-likeness (QED) is 0.658. The fourth-order valence-corrected chi connectivity index (χ4v) is 3.90. The predicted octanol–water partition coefficient (Wildman–Crippen LogP) is 2.09. The Morgan fingerprint density at radius 3 is 2.55 bits per heavy atom. The van der Waals surface area contributed by atoms with E-state index in [4.69, 9.17) is 29.4 Å². The predicted molar refractivity (Wildman–Crippen MR) is 103 cm³/mol. The lowest BCUT2D eigenvalue weighted by molar-refractivity contribution is 0.0687. The Balaban J connectivity index is 1.84. The fourth-order valence-electron chi connectivity index (χ4n) is 3.90. The van der Waals surface area contributed by atoms with E-state index in [1.807, 2.05) is 31.2 Å². The normalized spacial score (nSPS) is 21.7. The number of carbonyl (C=O) groups is 1. The van der Waals surface area contributed by atoms with Crippen molar-refractivity contribution in [3.63, 3.8) is 0 Å². The summed E-state index contributed by atoms with van der Waals surface area (Å²) in [5, 5.41) is 0. The van der Waals surface area contributed by atoms with Gasteiger partial charge in [-0.25, -0.2) is 4.79 Å². The summed E-state index contributed by atoms with van der Waals surface area (Å²) in [6, 6.07) is 8.76. The number of primary amides is 1. The first-order valence-electron chi connectivity index (χ1n) is 9.15. The van der Waals surface area contributed by atoms with Gasteiger partial charge in [0.15, 0.2) is 29.2 Å². The fraction of sp³-hybridized carbons (Fsp3) is 0.350. The summed E-state index contributed by atoms with van der Waals surface area (Å²) in [5.41, 5.74) is 12.3. The van der Waals surface area contributed by atoms with Gasteiger partial charge in [0, 0.05) is 29.0 Å². The Morgan fingerprint density at radius 1 is 1.10 bits per heavy atom. The van der Waals surface area contributed by atoms with Gasteiger partial charge in [-0.2, -0.15) is 5.43 Å². The number of fused-ring (bicyclic) bond motifs is 2. The van der Waals surface area contributed by atoms with E-state index in [-0.39, 0.29) is 18.6 Å². The second-order valence-electron chi connectivity index (χ2n) is 6.83. The van der Waals surface area contributed by atoms with Gasteiger partial charge in [0.2, 0.25) is 6.79 Å². The molecule has 0 unspecified atom stereocenters. The Morgan fingerprint density at radius 2 is 1.86 bits per heavy atom. The van der Waals surface area contributed by atoms with Gasteiger partial charge in [-0.3, -0.25) is 5.43 Å². The minimum atomic E-state index is -0.701. The maximum Gasteiger partial charge on any atom is 0.326 e. The molecule has 9 nitrogen and oxygen atoms in total. The summed E-state index contributed by atoms with van der Waals surface area (Å²) in [5.74, 6) is 2.89. The third-order valence-corrected chi connectivity index (χ3v) is 5.20. The highest BCUT2D eigenvalue weighted by Gasteiger charge is 2.40. The number of rotatable bonds is 5. The molecule has 3 atom stereocenters. The number of benzene rings is 2. The molecule has 2 amide bonds. The number of methoxy groups -OCH3 is 2. The van der Waals surface area contributed by atoms with Crippen LogP contribution < -0.4 is 40.3 Å². The number of hydrogen-bond acceptors (Lipinski definition) is 7. The molecule has 4 N–H and O–H groups in total. The van der Waals surface area contributed by atoms with Crippen LogP contribution >= 0.6 is 0 Å². The first-order chi connectivity index (χ1) is 14.0. The Labute approximate surface area is 168 Å². The van der Waals surface area contributed by atoms with Crippen LogP contribution in [0.4, 0.5) is 4.79 Å². The van der Waals surface area contributed by atoms with E-state index in [0.717, 1.165) is 11.1 Å². The number of carbonyl (C=O) groups excluding carboxylic acids is 1. The minimum Gasteiger partial charge on any atom is -0.493 e. The van der Waals surface area contributed by atoms with E-state index in [1.165, 1.54) is 0 Å². The van der Waals surface area contributed by atoms with Gasteiger partial charge in [0.25, 0.3) is 0 Å². The zero-order chi connectivity index (χ0) is 20.5.